The van der Waals surface area contributed by atoms with E-state index < -0.39 is 5.97 Å². The van der Waals surface area contributed by atoms with Gasteiger partial charge in [0.1, 0.15) is 11.6 Å². The molecule has 2 aromatic rings. The van der Waals surface area contributed by atoms with Crippen molar-refractivity contribution in [2.75, 3.05) is 0 Å². The lowest BCUT2D eigenvalue weighted by Crippen LogP contribution is -2.27. The first-order valence-corrected chi connectivity index (χ1v) is 6.38. The van der Waals surface area contributed by atoms with Crippen LogP contribution in [-0.4, -0.2) is 31.4 Å². The number of benzene rings is 2. The molecule has 0 spiro atoms. The molecule has 0 aliphatic heterocycles. The van der Waals surface area contributed by atoms with E-state index >= 15 is 0 Å². The number of carbonyl (C=O) groups is 1. The van der Waals surface area contributed by atoms with Crippen molar-refractivity contribution in [3.63, 3.8) is 0 Å². The summed E-state index contributed by atoms with van der Waals surface area (Å²) in [6.07, 6.45) is 0. The Morgan fingerprint density at radius 3 is 2.28 bits per heavy atom. The molecular weight excluding hydrogens is 250 g/mol. The van der Waals surface area contributed by atoms with Gasteiger partial charge >= 0.3 is 5.97 Å². The number of carboxylic acid groups (broad SMARTS) is 1. The Bertz CT molecular complexity index is 581. The molecule has 0 aromatic heterocycles. The molecule has 5 heteroatoms. The van der Waals surface area contributed by atoms with Gasteiger partial charge in [0.2, 0.25) is 0 Å². The van der Waals surface area contributed by atoms with Crippen LogP contribution in [0.1, 0.15) is 10.4 Å². The summed E-state index contributed by atoms with van der Waals surface area (Å²) in [5.74, 6) is -1.70. The zero-order valence-corrected chi connectivity index (χ0v) is 10.5. The summed E-state index contributed by atoms with van der Waals surface area (Å²) < 4.78 is 14.5. The minimum absolute atomic E-state index is 0.109. The van der Waals surface area contributed by atoms with Crippen molar-refractivity contribution >= 4 is 30.0 Å². The van der Waals surface area contributed by atoms with E-state index in [4.69, 9.17) is 5.11 Å². The van der Waals surface area contributed by atoms with Gasteiger partial charge in [-0.2, -0.15) is 0 Å². The third-order valence-corrected chi connectivity index (χ3v) is 3.87. The second-order valence-electron chi connectivity index (χ2n) is 3.78. The molecule has 0 amide bonds. The zero-order chi connectivity index (χ0) is 13.1. The molecule has 2 rings (SSSR count). The van der Waals surface area contributed by atoms with Crippen molar-refractivity contribution in [3.8, 4) is 5.75 Å². The first-order chi connectivity index (χ1) is 8.56. The maximum absolute atomic E-state index is 12.7. The van der Waals surface area contributed by atoms with Crippen molar-refractivity contribution in [2.45, 2.75) is 0 Å². The molecule has 2 N–H and O–H groups in total. The van der Waals surface area contributed by atoms with Crippen molar-refractivity contribution in [1.82, 2.24) is 0 Å². The van der Waals surface area contributed by atoms with E-state index in [-0.39, 0.29) is 32.3 Å². The summed E-state index contributed by atoms with van der Waals surface area (Å²) in [6, 6.07) is 10.6. The highest BCUT2D eigenvalue weighted by Gasteiger charge is 2.11. The highest BCUT2D eigenvalue weighted by Crippen LogP contribution is 2.13. The first-order valence-electron chi connectivity index (χ1n) is 5.23. The minimum atomic E-state index is -1.16. The average Bonchev–Trinajstić information content (AvgIpc) is 2.34. The van der Waals surface area contributed by atoms with Gasteiger partial charge < -0.3 is 10.2 Å². The summed E-state index contributed by atoms with van der Waals surface area (Å²) in [5.41, 5.74) is -0.109. The largest absolute Gasteiger partial charge is 0.507 e. The van der Waals surface area contributed by atoms with Gasteiger partial charge in [-0.3, -0.25) is 0 Å². The average molecular weight is 259 g/mol. The van der Waals surface area contributed by atoms with Crippen molar-refractivity contribution in [2.24, 2.45) is 0 Å². The molecule has 0 unspecified atom stereocenters. The van der Waals surface area contributed by atoms with Gasteiger partial charge in [0, 0.05) is 0 Å². The molecule has 18 heavy (non-hydrogen) atoms. The molecule has 0 bridgehead atoms. The van der Waals surface area contributed by atoms with Gasteiger partial charge in [-0.15, -0.1) is 8.85 Å². The third-order valence-electron chi connectivity index (χ3n) is 2.45. The molecule has 0 saturated heterocycles. The number of aromatic carboxylic acids is 1. The van der Waals surface area contributed by atoms with Gasteiger partial charge in [0.15, 0.2) is 0 Å². The van der Waals surface area contributed by atoms with Crippen LogP contribution in [0.2, 0.25) is 0 Å². The van der Waals surface area contributed by atoms with Gasteiger partial charge in [-0.25, -0.2) is 9.18 Å². The normalized spacial score (nSPS) is 10.1. The first kappa shape index (κ1) is 12.6. The van der Waals surface area contributed by atoms with E-state index in [1.54, 1.807) is 18.2 Å². The van der Waals surface area contributed by atoms with Crippen molar-refractivity contribution < 1.29 is 19.4 Å². The molecule has 1 radical (unpaired) electrons. The molecule has 89 valence electrons. The lowest BCUT2D eigenvalue weighted by Gasteiger charge is -2.04. The SMILES string of the molecule is O=C(O)c1c[c]([Al][c]2ccc(F)cc2)ccc1O. The number of rotatable bonds is 3. The Labute approximate surface area is 109 Å². The van der Waals surface area contributed by atoms with Crippen LogP contribution in [-0.2, 0) is 0 Å². The fourth-order valence-corrected chi connectivity index (χ4v) is 2.78. The van der Waals surface area contributed by atoms with E-state index in [1.165, 1.54) is 24.3 Å². The molecule has 0 fully saturated rings. The monoisotopic (exact) mass is 259 g/mol. The molecule has 0 heterocycles. The number of halogens is 1. The summed E-state index contributed by atoms with van der Waals surface area (Å²) >= 11 is -0.322. The molecular formula is C13H9AlFO3. The standard InChI is InChI=1S/C7H5O3.C6H4F.Al/c8-6-4-2-1-3-5(6)7(9)10;7-6-4-2-1-3-5-6;/h2-4,8H,(H,9,10);2-5H;. The van der Waals surface area contributed by atoms with Gasteiger partial charge in [-0.05, 0) is 18.2 Å². The number of phenols is 1. The third kappa shape index (κ3) is 2.89. The van der Waals surface area contributed by atoms with Crippen LogP contribution in [0.4, 0.5) is 4.39 Å². The van der Waals surface area contributed by atoms with Crippen LogP contribution in [0.5, 0.6) is 5.75 Å². The highest BCUT2D eigenvalue weighted by molar-refractivity contribution is 6.67. The smallest absolute Gasteiger partial charge is 0.339 e. The van der Waals surface area contributed by atoms with Gasteiger partial charge in [0.05, 0.1) is 5.56 Å². The van der Waals surface area contributed by atoms with Crippen LogP contribution in [0.3, 0.4) is 0 Å². The summed E-state index contributed by atoms with van der Waals surface area (Å²) in [6.45, 7) is 0. The molecule has 0 saturated carbocycles. The fraction of sp³-hybridized carbons (Fsp3) is 0. The van der Waals surface area contributed by atoms with Crippen LogP contribution in [0.15, 0.2) is 42.5 Å². The maximum atomic E-state index is 12.7. The molecule has 0 aliphatic rings. The van der Waals surface area contributed by atoms with Crippen LogP contribution >= 0.6 is 0 Å². The predicted molar refractivity (Wildman–Crippen MR) is 66.5 cm³/mol. The summed E-state index contributed by atoms with van der Waals surface area (Å²) in [5, 5.41) is 18.3. The molecule has 0 aliphatic carbocycles. The van der Waals surface area contributed by atoms with E-state index in [0.717, 1.165) is 8.85 Å². The number of carboxylic acids is 1. The van der Waals surface area contributed by atoms with E-state index in [0.29, 0.717) is 0 Å². The van der Waals surface area contributed by atoms with Crippen molar-refractivity contribution in [3.05, 3.63) is 53.8 Å². The van der Waals surface area contributed by atoms with E-state index in [9.17, 15) is 14.3 Å². The van der Waals surface area contributed by atoms with Crippen molar-refractivity contribution in [1.29, 1.82) is 0 Å². The molecule has 2 aromatic carbocycles. The van der Waals surface area contributed by atoms with Gasteiger partial charge in [-0.1, -0.05) is 24.3 Å². The molecule has 0 atom stereocenters. The lowest BCUT2D eigenvalue weighted by molar-refractivity contribution is 0.0694. The second kappa shape index (κ2) is 5.22. The minimum Gasteiger partial charge on any atom is -0.507 e. The Kier molecular flexibility index (Phi) is 3.66. The predicted octanol–water partition coefficient (Wildman–Crippen LogP) is 0.884. The topological polar surface area (TPSA) is 57.5 Å². The Balaban J connectivity index is 2.27. The van der Waals surface area contributed by atoms with Crippen LogP contribution < -0.4 is 8.85 Å². The summed E-state index contributed by atoms with van der Waals surface area (Å²) in [4.78, 5) is 10.9. The Hall–Kier alpha value is -1.83. The maximum Gasteiger partial charge on any atom is 0.339 e. The quantitative estimate of drug-likeness (QED) is 0.805. The zero-order valence-electron chi connectivity index (χ0n) is 9.30. The number of hydrogen-bond acceptors (Lipinski definition) is 2. The molecule has 3 nitrogen and oxygen atoms in total. The number of hydrogen-bond donors (Lipinski definition) is 2. The fourth-order valence-electron chi connectivity index (χ4n) is 1.57. The summed E-state index contributed by atoms with van der Waals surface area (Å²) in [7, 11) is 0. The van der Waals surface area contributed by atoms with Crippen LogP contribution in [0, 0.1) is 5.82 Å². The highest BCUT2D eigenvalue weighted by atomic mass is 27.1. The van der Waals surface area contributed by atoms with Crippen LogP contribution in [0.25, 0.3) is 0 Å². The number of aromatic hydroxyl groups is 1. The lowest BCUT2D eigenvalue weighted by atomic mass is 10.2. The Morgan fingerprint density at radius 1 is 1.06 bits per heavy atom. The second-order valence-corrected chi connectivity index (χ2v) is 5.40. The van der Waals surface area contributed by atoms with E-state index in [1.807, 2.05) is 0 Å². The van der Waals surface area contributed by atoms with E-state index in [2.05, 4.69) is 0 Å². The Morgan fingerprint density at radius 2 is 1.67 bits per heavy atom. The van der Waals surface area contributed by atoms with Gasteiger partial charge in [0.25, 0.3) is 15.2 Å².